The number of hydrogen-bond acceptors (Lipinski definition) is 5. The molecule has 0 radical (unpaired) electrons. The van der Waals surface area contributed by atoms with Gasteiger partial charge in [-0.3, -0.25) is 0 Å². The van der Waals surface area contributed by atoms with Crippen molar-refractivity contribution in [3.8, 4) is 11.5 Å². The fraction of sp³-hybridized carbons (Fsp3) is 0.571. The van der Waals surface area contributed by atoms with Gasteiger partial charge in [-0.15, -0.1) is 0 Å². The molecule has 1 N–H and O–H groups in total. The Morgan fingerprint density at radius 1 is 0.788 bits per heavy atom. The molecule has 1 aromatic carbocycles. The van der Waals surface area contributed by atoms with Crippen molar-refractivity contribution in [2.75, 3.05) is 42.2 Å². The summed E-state index contributed by atoms with van der Waals surface area (Å²) in [6.45, 7) is 13.4. The number of rotatable bonds is 7. The molecule has 5 nitrogen and oxygen atoms in total. The maximum atomic E-state index is 7.00. The van der Waals surface area contributed by atoms with E-state index in [1.54, 1.807) is 28.4 Å². The highest BCUT2D eigenvalue weighted by atomic mass is 16.5. The lowest BCUT2D eigenvalue weighted by molar-refractivity contribution is 0.0644. The first-order valence-electron chi connectivity index (χ1n) is 11.6. The number of hydrogen-bond donors (Lipinski definition) is 1. The molecule has 0 aromatic heterocycles. The van der Waals surface area contributed by atoms with E-state index >= 15 is 0 Å². The minimum absolute atomic E-state index is 0.0832. The van der Waals surface area contributed by atoms with Crippen LogP contribution in [0, 0.1) is 11.8 Å². The van der Waals surface area contributed by atoms with Gasteiger partial charge in [0, 0.05) is 27.9 Å². The van der Waals surface area contributed by atoms with Crippen LogP contribution in [-0.2, 0) is 9.47 Å². The van der Waals surface area contributed by atoms with Gasteiger partial charge in [0.25, 0.3) is 0 Å². The van der Waals surface area contributed by atoms with E-state index in [9.17, 15) is 0 Å². The van der Waals surface area contributed by atoms with Crippen molar-refractivity contribution in [2.24, 2.45) is 11.8 Å². The average Bonchev–Trinajstić information content (AvgIpc) is 3.16. The van der Waals surface area contributed by atoms with Gasteiger partial charge in [-0.1, -0.05) is 84.1 Å². The van der Waals surface area contributed by atoms with Gasteiger partial charge in [0.15, 0.2) is 11.5 Å². The van der Waals surface area contributed by atoms with Crippen LogP contribution in [0.15, 0.2) is 54.7 Å². The highest BCUT2D eigenvalue weighted by Crippen LogP contribution is 2.33. The Labute approximate surface area is 204 Å². The molecule has 0 amide bonds. The molecule has 0 fully saturated rings. The van der Waals surface area contributed by atoms with Gasteiger partial charge in [0.2, 0.25) is 0 Å². The third-order valence-electron chi connectivity index (χ3n) is 3.97. The molecule has 0 aliphatic heterocycles. The third-order valence-corrected chi connectivity index (χ3v) is 3.97. The predicted octanol–water partition coefficient (Wildman–Crippen LogP) is 7.03. The largest absolute Gasteiger partial charge is 0.493 e. The summed E-state index contributed by atoms with van der Waals surface area (Å²) in [5, 5.41) is 7.00. The monoisotopic (exact) mass is 466 g/mol. The van der Waals surface area contributed by atoms with Gasteiger partial charge in [-0.25, -0.2) is 0 Å². The molecular weight excluding hydrogens is 416 g/mol. The first kappa shape index (κ1) is 35.5. The number of aliphatic hydroxyl groups excluding tert-OH is 1. The lowest BCUT2D eigenvalue weighted by atomic mass is 9.98. The first-order valence-corrected chi connectivity index (χ1v) is 11.6. The summed E-state index contributed by atoms with van der Waals surface area (Å²) >= 11 is 0. The van der Waals surface area contributed by atoms with Crippen LogP contribution >= 0.6 is 0 Å². The highest BCUT2D eigenvalue weighted by molar-refractivity contribution is 5.43. The molecule has 1 aliphatic carbocycles. The fourth-order valence-corrected chi connectivity index (χ4v) is 2.68. The van der Waals surface area contributed by atoms with Crippen molar-refractivity contribution in [1.82, 2.24) is 0 Å². The van der Waals surface area contributed by atoms with Crippen LogP contribution in [0.25, 0.3) is 0 Å². The van der Waals surface area contributed by atoms with Crippen LogP contribution in [0.1, 0.15) is 59.6 Å². The topological polar surface area (TPSA) is 57.2 Å². The average molecular weight is 467 g/mol. The summed E-state index contributed by atoms with van der Waals surface area (Å²) in [4.78, 5) is 0. The van der Waals surface area contributed by atoms with Crippen LogP contribution in [0.3, 0.4) is 0 Å². The maximum Gasteiger partial charge on any atom is 0.161 e. The molecule has 2 rings (SSSR count). The molecule has 192 valence electrons. The number of ether oxygens (including phenoxy) is 4. The number of methoxy groups -OCH3 is 4. The van der Waals surface area contributed by atoms with Gasteiger partial charge in [-0.05, 0) is 36.0 Å². The van der Waals surface area contributed by atoms with Gasteiger partial charge in [0.1, 0.15) is 0 Å². The molecule has 1 aromatic rings. The Kier molecular flexibility index (Phi) is 28.2. The van der Waals surface area contributed by atoms with E-state index in [2.05, 4.69) is 52.0 Å². The Morgan fingerprint density at radius 2 is 1.30 bits per heavy atom. The van der Waals surface area contributed by atoms with Gasteiger partial charge >= 0.3 is 0 Å². The van der Waals surface area contributed by atoms with E-state index in [1.807, 2.05) is 44.2 Å². The molecule has 0 spiro atoms. The van der Waals surface area contributed by atoms with Crippen molar-refractivity contribution < 1.29 is 24.1 Å². The van der Waals surface area contributed by atoms with E-state index in [4.69, 9.17) is 24.1 Å². The zero-order valence-corrected chi connectivity index (χ0v) is 22.9. The van der Waals surface area contributed by atoms with E-state index in [0.717, 1.165) is 37.2 Å². The molecule has 0 saturated carbocycles. The molecule has 0 saturated heterocycles. The standard InChI is InChI=1S/C13H20O3.C7H8.C5H12O.C2H6.CH4O/c1-9(2)13(16-5)10-6-7-11(14-3)12(8-10)15-4;1-2-4-6-7-5-3-1;1-5(2)4-6-3;2*1-2/h6-9,13H,1-5H3;1-6H,7H2;5H,4H2,1-3H3;1-2H3;2H,1H3. The number of aliphatic hydroxyl groups is 1. The molecule has 1 unspecified atom stereocenters. The lowest BCUT2D eigenvalue weighted by Crippen LogP contribution is -2.09. The predicted molar refractivity (Wildman–Crippen MR) is 142 cm³/mol. The summed E-state index contributed by atoms with van der Waals surface area (Å²) in [7, 11) is 7.72. The Balaban J connectivity index is -0.000000438. The lowest BCUT2D eigenvalue weighted by Gasteiger charge is -2.20. The molecule has 33 heavy (non-hydrogen) atoms. The SMILES string of the molecule is C1=CC=CCC=C1.CC.CO.COCC(C)C.COc1ccc(C(OC)C(C)C)cc1OC. The Hall–Kier alpha value is -2.08. The summed E-state index contributed by atoms with van der Waals surface area (Å²) in [5.74, 6) is 2.57. The normalized spacial score (nSPS) is 11.9. The van der Waals surface area contributed by atoms with Crippen molar-refractivity contribution in [3.05, 3.63) is 60.2 Å². The molecular formula is C28H50O5. The number of allylic oxidation sites excluding steroid dienone is 6. The Bertz CT molecular complexity index is 605. The Morgan fingerprint density at radius 3 is 1.64 bits per heavy atom. The second-order valence-electron chi connectivity index (χ2n) is 7.34. The van der Waals surface area contributed by atoms with E-state index in [-0.39, 0.29) is 6.10 Å². The summed E-state index contributed by atoms with van der Waals surface area (Å²) < 4.78 is 20.7. The fourth-order valence-electron chi connectivity index (χ4n) is 2.68. The maximum absolute atomic E-state index is 7.00. The zero-order valence-electron chi connectivity index (χ0n) is 22.9. The van der Waals surface area contributed by atoms with Crippen LogP contribution in [0.5, 0.6) is 11.5 Å². The summed E-state index contributed by atoms with van der Waals surface area (Å²) in [6.07, 6.45) is 13.6. The second-order valence-corrected chi connectivity index (χ2v) is 7.34. The number of benzene rings is 1. The smallest absolute Gasteiger partial charge is 0.161 e. The van der Waals surface area contributed by atoms with Crippen LogP contribution in [0.4, 0.5) is 0 Å². The van der Waals surface area contributed by atoms with Crippen LogP contribution < -0.4 is 9.47 Å². The minimum Gasteiger partial charge on any atom is -0.493 e. The van der Waals surface area contributed by atoms with E-state index in [1.165, 1.54) is 0 Å². The van der Waals surface area contributed by atoms with Crippen LogP contribution in [0.2, 0.25) is 0 Å². The third kappa shape index (κ3) is 19.1. The van der Waals surface area contributed by atoms with Crippen LogP contribution in [-0.4, -0.2) is 47.3 Å². The summed E-state index contributed by atoms with van der Waals surface area (Å²) in [5.41, 5.74) is 1.11. The molecule has 5 heteroatoms. The molecule has 0 bridgehead atoms. The second kappa shape index (κ2) is 26.2. The first-order chi connectivity index (χ1) is 15.9. The quantitative estimate of drug-likeness (QED) is 0.467. The van der Waals surface area contributed by atoms with Crippen molar-refractivity contribution in [3.63, 3.8) is 0 Å². The van der Waals surface area contributed by atoms with Gasteiger partial charge < -0.3 is 24.1 Å². The molecule has 1 atom stereocenters. The molecule has 0 heterocycles. The van der Waals surface area contributed by atoms with Crippen molar-refractivity contribution in [1.29, 1.82) is 0 Å². The minimum atomic E-state index is 0.0832. The van der Waals surface area contributed by atoms with Crippen molar-refractivity contribution >= 4 is 0 Å². The van der Waals surface area contributed by atoms with E-state index < -0.39 is 0 Å². The highest BCUT2D eigenvalue weighted by Gasteiger charge is 2.16. The summed E-state index contributed by atoms with van der Waals surface area (Å²) in [6, 6.07) is 5.88. The van der Waals surface area contributed by atoms with Crippen molar-refractivity contribution in [2.45, 2.75) is 54.1 Å². The van der Waals surface area contributed by atoms with Gasteiger partial charge in [-0.2, -0.15) is 0 Å². The van der Waals surface area contributed by atoms with Gasteiger partial charge in [0.05, 0.1) is 20.3 Å². The molecule has 1 aliphatic rings. The van der Waals surface area contributed by atoms with E-state index in [0.29, 0.717) is 11.8 Å². The zero-order chi connectivity index (χ0) is 26.1.